The number of nitrogens with zero attached hydrogens (tertiary/aromatic N) is 4. The van der Waals surface area contributed by atoms with Crippen molar-refractivity contribution in [1.82, 2.24) is 0 Å². The molecule has 140 valence electrons. The summed E-state index contributed by atoms with van der Waals surface area (Å²) < 4.78 is 5.05. The number of nitro benzene ring substituents is 1. The monoisotopic (exact) mass is 362 g/mol. The molecule has 0 saturated carbocycles. The van der Waals surface area contributed by atoms with Gasteiger partial charge in [-0.05, 0) is 25.8 Å². The van der Waals surface area contributed by atoms with Crippen molar-refractivity contribution < 1.29 is 14.5 Å². The number of carbonyl (C=O) groups excluding carboxylic acids is 1. The Bertz CT molecular complexity index is 721. The van der Waals surface area contributed by atoms with Crippen molar-refractivity contribution in [1.29, 1.82) is 0 Å². The first kappa shape index (κ1) is 19.2. The maximum atomic E-state index is 11.8. The van der Waals surface area contributed by atoms with Crippen LogP contribution >= 0.6 is 0 Å². The molecule has 1 aliphatic rings. The third-order valence-electron chi connectivity index (χ3n) is 4.03. The maximum absolute atomic E-state index is 11.8. The highest BCUT2D eigenvalue weighted by atomic mass is 16.6. The molecule has 10 nitrogen and oxygen atoms in total. The SMILES string of the molecule is CCOC(=O)C1CCN(c2ccc(C=NN=C(N)N)cc2[N+](=O)[O-])CC1. The molecule has 0 radical (unpaired) electrons. The van der Waals surface area contributed by atoms with Gasteiger partial charge in [-0.15, -0.1) is 5.10 Å². The number of nitrogens with two attached hydrogens (primary N) is 2. The van der Waals surface area contributed by atoms with Crippen LogP contribution in [0.5, 0.6) is 0 Å². The van der Waals surface area contributed by atoms with E-state index in [2.05, 4.69) is 10.2 Å². The van der Waals surface area contributed by atoms with Crippen LogP contribution in [-0.4, -0.2) is 42.8 Å². The summed E-state index contributed by atoms with van der Waals surface area (Å²) in [4.78, 5) is 24.7. The first-order valence-corrected chi connectivity index (χ1v) is 8.24. The summed E-state index contributed by atoms with van der Waals surface area (Å²) in [5.41, 5.74) is 11.3. The zero-order valence-electron chi connectivity index (χ0n) is 14.5. The minimum Gasteiger partial charge on any atom is -0.466 e. The lowest BCUT2D eigenvalue weighted by molar-refractivity contribution is -0.384. The molecule has 1 fully saturated rings. The minimum absolute atomic E-state index is 0.0340. The molecule has 1 aromatic carbocycles. The van der Waals surface area contributed by atoms with E-state index in [4.69, 9.17) is 16.2 Å². The molecule has 0 amide bonds. The van der Waals surface area contributed by atoms with Crippen molar-refractivity contribution in [3.63, 3.8) is 0 Å². The Balaban J connectivity index is 2.14. The molecule has 1 aliphatic heterocycles. The first-order valence-electron chi connectivity index (χ1n) is 8.24. The van der Waals surface area contributed by atoms with Crippen LogP contribution in [0.4, 0.5) is 11.4 Å². The van der Waals surface area contributed by atoms with Crippen LogP contribution in [0.1, 0.15) is 25.3 Å². The summed E-state index contributed by atoms with van der Waals surface area (Å²) in [5, 5.41) is 18.6. The molecule has 26 heavy (non-hydrogen) atoms. The number of anilines is 1. The zero-order chi connectivity index (χ0) is 19.1. The number of hydrogen-bond acceptors (Lipinski definition) is 7. The third kappa shape index (κ3) is 4.91. The Hall–Kier alpha value is -3.17. The molecule has 4 N–H and O–H groups in total. The molecule has 0 aliphatic carbocycles. The van der Waals surface area contributed by atoms with Gasteiger partial charge in [-0.3, -0.25) is 14.9 Å². The van der Waals surface area contributed by atoms with Gasteiger partial charge >= 0.3 is 5.97 Å². The number of nitro groups is 1. The summed E-state index contributed by atoms with van der Waals surface area (Å²) in [6.45, 7) is 3.22. The highest BCUT2D eigenvalue weighted by Crippen LogP contribution is 2.32. The summed E-state index contributed by atoms with van der Waals surface area (Å²) in [7, 11) is 0. The highest BCUT2D eigenvalue weighted by molar-refractivity contribution is 5.84. The summed E-state index contributed by atoms with van der Waals surface area (Å²) in [6, 6.07) is 4.78. The fourth-order valence-electron chi connectivity index (χ4n) is 2.81. The molecule has 10 heteroatoms. The van der Waals surface area contributed by atoms with E-state index in [1.165, 1.54) is 12.3 Å². The van der Waals surface area contributed by atoms with Crippen LogP contribution in [0.25, 0.3) is 0 Å². The number of hydrogen-bond donors (Lipinski definition) is 2. The van der Waals surface area contributed by atoms with E-state index < -0.39 is 4.92 Å². The molecule has 0 bridgehead atoms. The standard InChI is InChI=1S/C16H22N6O4/c1-2-26-15(23)12-5-7-21(8-6-12)13-4-3-11(9-14(13)22(24)25)10-19-20-16(17)18/h3-4,9-10,12H,2,5-8H2,1H3,(H4,17,18,20). The van der Waals surface area contributed by atoms with Crippen LogP contribution in [0.2, 0.25) is 0 Å². The Kier molecular flexibility index (Phi) is 6.48. The second-order valence-corrected chi connectivity index (χ2v) is 5.79. The molecule has 0 atom stereocenters. The lowest BCUT2D eigenvalue weighted by Crippen LogP contribution is -2.37. The summed E-state index contributed by atoms with van der Waals surface area (Å²) in [6.07, 6.45) is 2.54. The van der Waals surface area contributed by atoms with E-state index in [1.807, 2.05) is 4.90 Å². The Morgan fingerprint density at radius 2 is 2.12 bits per heavy atom. The van der Waals surface area contributed by atoms with Gasteiger partial charge < -0.3 is 21.1 Å². The van der Waals surface area contributed by atoms with E-state index in [9.17, 15) is 14.9 Å². The molecular formula is C16H22N6O4. The van der Waals surface area contributed by atoms with Gasteiger partial charge in [0.25, 0.3) is 5.69 Å². The lowest BCUT2D eigenvalue weighted by Gasteiger charge is -2.32. The van der Waals surface area contributed by atoms with Gasteiger partial charge in [0.15, 0.2) is 0 Å². The minimum atomic E-state index is -0.440. The number of carbonyl (C=O) groups is 1. The number of rotatable bonds is 6. The van der Waals surface area contributed by atoms with Crippen molar-refractivity contribution >= 4 is 29.5 Å². The lowest BCUT2D eigenvalue weighted by atomic mass is 9.96. The van der Waals surface area contributed by atoms with Crippen LogP contribution in [0.15, 0.2) is 28.4 Å². The van der Waals surface area contributed by atoms with Crippen molar-refractivity contribution in [3.8, 4) is 0 Å². The number of piperidine rings is 1. The van der Waals surface area contributed by atoms with Gasteiger partial charge in [0.2, 0.25) is 5.96 Å². The largest absolute Gasteiger partial charge is 0.466 e. The van der Waals surface area contributed by atoms with Gasteiger partial charge in [0.1, 0.15) is 5.69 Å². The first-order chi connectivity index (χ1) is 12.4. The molecule has 1 aromatic rings. The molecule has 2 rings (SSSR count). The van der Waals surface area contributed by atoms with Gasteiger partial charge in [0.05, 0.1) is 23.7 Å². The van der Waals surface area contributed by atoms with E-state index in [1.54, 1.807) is 19.1 Å². The third-order valence-corrected chi connectivity index (χ3v) is 4.03. The number of ether oxygens (including phenoxy) is 1. The highest BCUT2D eigenvalue weighted by Gasteiger charge is 2.29. The molecule has 0 spiro atoms. The average molecular weight is 362 g/mol. The zero-order valence-corrected chi connectivity index (χ0v) is 14.5. The van der Waals surface area contributed by atoms with Crippen molar-refractivity contribution in [2.75, 3.05) is 24.6 Å². The fourth-order valence-corrected chi connectivity index (χ4v) is 2.81. The predicted molar refractivity (Wildman–Crippen MR) is 98.1 cm³/mol. The van der Waals surface area contributed by atoms with E-state index in [-0.39, 0.29) is 23.5 Å². The molecule has 0 aromatic heterocycles. The Morgan fingerprint density at radius 1 is 1.42 bits per heavy atom. The second kappa shape index (κ2) is 8.79. The topological polar surface area (TPSA) is 149 Å². The van der Waals surface area contributed by atoms with Crippen LogP contribution in [0.3, 0.4) is 0 Å². The number of benzene rings is 1. The normalized spacial score (nSPS) is 15.0. The Labute approximate surface area is 150 Å². The number of guanidine groups is 1. The van der Waals surface area contributed by atoms with Gasteiger partial charge in [-0.1, -0.05) is 6.07 Å². The van der Waals surface area contributed by atoms with Crippen LogP contribution < -0.4 is 16.4 Å². The average Bonchev–Trinajstić information content (AvgIpc) is 2.61. The van der Waals surface area contributed by atoms with Crippen molar-refractivity contribution in [2.24, 2.45) is 27.6 Å². The quantitative estimate of drug-likeness (QED) is 0.252. The molecular weight excluding hydrogens is 340 g/mol. The Morgan fingerprint density at radius 3 is 2.69 bits per heavy atom. The summed E-state index contributed by atoms with van der Waals surface area (Å²) in [5.74, 6) is -0.555. The second-order valence-electron chi connectivity index (χ2n) is 5.79. The predicted octanol–water partition coefficient (Wildman–Crippen LogP) is 0.982. The maximum Gasteiger partial charge on any atom is 0.309 e. The van der Waals surface area contributed by atoms with Gasteiger partial charge in [-0.2, -0.15) is 5.10 Å². The molecule has 1 saturated heterocycles. The van der Waals surface area contributed by atoms with Crippen molar-refractivity contribution in [3.05, 3.63) is 33.9 Å². The number of esters is 1. The molecule has 0 unspecified atom stereocenters. The van der Waals surface area contributed by atoms with E-state index >= 15 is 0 Å². The van der Waals surface area contributed by atoms with Crippen molar-refractivity contribution in [2.45, 2.75) is 19.8 Å². The van der Waals surface area contributed by atoms with E-state index in [0.29, 0.717) is 43.8 Å². The molecule has 1 heterocycles. The summed E-state index contributed by atoms with van der Waals surface area (Å²) >= 11 is 0. The van der Waals surface area contributed by atoms with E-state index in [0.717, 1.165) is 0 Å². The fraction of sp³-hybridized carbons (Fsp3) is 0.438. The smallest absolute Gasteiger partial charge is 0.309 e. The van der Waals surface area contributed by atoms with Crippen LogP contribution in [-0.2, 0) is 9.53 Å². The van der Waals surface area contributed by atoms with Crippen LogP contribution in [0, 0.1) is 16.0 Å². The van der Waals surface area contributed by atoms with Gasteiger partial charge in [0, 0.05) is 24.7 Å². The van der Waals surface area contributed by atoms with Gasteiger partial charge in [-0.25, -0.2) is 0 Å².